The second kappa shape index (κ2) is 5.23. The van der Waals surface area contributed by atoms with Gasteiger partial charge in [-0.25, -0.2) is 0 Å². The van der Waals surface area contributed by atoms with Gasteiger partial charge in [0.1, 0.15) is 0 Å². The van der Waals surface area contributed by atoms with Crippen LogP contribution in [0, 0.1) is 0 Å². The van der Waals surface area contributed by atoms with E-state index in [-0.39, 0.29) is 0 Å². The topological polar surface area (TPSA) is 0 Å². The quantitative estimate of drug-likeness (QED) is 0.622. The first-order chi connectivity index (χ1) is 6.68. The van der Waals surface area contributed by atoms with Gasteiger partial charge in [0, 0.05) is 0 Å². The molecule has 0 N–H and O–H groups in total. The van der Waals surface area contributed by atoms with E-state index in [9.17, 15) is 0 Å². The van der Waals surface area contributed by atoms with Crippen LogP contribution in [0.4, 0.5) is 0 Å². The smallest absolute Gasteiger partial charge is 0.00316 e. The molecule has 1 rings (SSSR count). The van der Waals surface area contributed by atoms with E-state index < -0.39 is 0 Å². The van der Waals surface area contributed by atoms with Crippen LogP contribution < -0.4 is 0 Å². The fraction of sp³-hybridized carbons (Fsp3) is 0.143. The first kappa shape index (κ1) is 10.5. The van der Waals surface area contributed by atoms with Gasteiger partial charge >= 0.3 is 0 Å². The molecule has 0 aliphatic rings. The molecule has 0 heteroatoms. The lowest BCUT2D eigenvalue weighted by molar-refractivity contribution is 1.20. The molecule has 1 aromatic rings. The predicted molar refractivity (Wildman–Crippen MR) is 63.2 cm³/mol. The average molecular weight is 184 g/mol. The first-order valence-corrected chi connectivity index (χ1v) is 4.74. The van der Waals surface area contributed by atoms with E-state index in [0.29, 0.717) is 0 Å². The van der Waals surface area contributed by atoms with Crippen molar-refractivity contribution in [3.63, 3.8) is 0 Å². The highest BCUT2D eigenvalue weighted by Crippen LogP contribution is 2.07. The summed E-state index contributed by atoms with van der Waals surface area (Å²) in [6, 6.07) is 10.3. The van der Waals surface area contributed by atoms with Gasteiger partial charge in [-0.2, -0.15) is 0 Å². The molecule has 0 atom stereocenters. The van der Waals surface area contributed by atoms with Crippen LogP contribution >= 0.6 is 0 Å². The van der Waals surface area contributed by atoms with Gasteiger partial charge in [0.25, 0.3) is 0 Å². The Bertz CT molecular complexity index is 342. The van der Waals surface area contributed by atoms with Crippen LogP contribution in [0.25, 0.3) is 0 Å². The first-order valence-electron chi connectivity index (χ1n) is 4.74. The Morgan fingerprint density at radius 2 is 1.79 bits per heavy atom. The molecule has 0 spiro atoms. The minimum absolute atomic E-state index is 0.907. The third kappa shape index (κ3) is 3.90. The van der Waals surface area contributed by atoms with Crippen molar-refractivity contribution in [2.24, 2.45) is 0 Å². The van der Waals surface area contributed by atoms with Gasteiger partial charge in [-0.15, -0.1) is 0 Å². The Morgan fingerprint density at radius 3 is 2.36 bits per heavy atom. The van der Waals surface area contributed by atoms with Crippen LogP contribution in [0.15, 0.2) is 66.8 Å². The fourth-order valence-corrected chi connectivity index (χ4v) is 1.18. The molecule has 0 radical (unpaired) electrons. The van der Waals surface area contributed by atoms with E-state index >= 15 is 0 Å². The van der Waals surface area contributed by atoms with Crippen molar-refractivity contribution < 1.29 is 0 Å². The lowest BCUT2D eigenvalue weighted by Gasteiger charge is -2.00. The van der Waals surface area contributed by atoms with Gasteiger partial charge in [0.05, 0.1) is 0 Å². The van der Waals surface area contributed by atoms with Crippen molar-refractivity contribution in [3.05, 3.63) is 72.4 Å². The van der Waals surface area contributed by atoms with Crippen molar-refractivity contribution in [3.8, 4) is 0 Å². The molecule has 0 aliphatic heterocycles. The molecule has 0 unspecified atom stereocenters. The van der Waals surface area contributed by atoms with E-state index in [2.05, 4.69) is 25.3 Å². The second-order valence-corrected chi connectivity index (χ2v) is 3.50. The molecule has 0 nitrogen and oxygen atoms in total. The highest BCUT2D eigenvalue weighted by Gasteiger charge is 1.92. The Hall–Kier alpha value is -1.56. The third-order valence-electron chi connectivity index (χ3n) is 1.88. The van der Waals surface area contributed by atoms with Crippen LogP contribution in [-0.4, -0.2) is 0 Å². The van der Waals surface area contributed by atoms with E-state index in [4.69, 9.17) is 0 Å². The molecule has 0 aliphatic carbocycles. The molecule has 0 fully saturated rings. The molecule has 0 amide bonds. The third-order valence-corrected chi connectivity index (χ3v) is 1.88. The number of hydrogen-bond acceptors (Lipinski definition) is 0. The second-order valence-electron chi connectivity index (χ2n) is 3.50. The molecular weight excluding hydrogens is 168 g/mol. The highest BCUT2D eigenvalue weighted by atomic mass is 14.0. The zero-order chi connectivity index (χ0) is 10.4. The summed E-state index contributed by atoms with van der Waals surface area (Å²) in [5.74, 6) is 0. The van der Waals surface area contributed by atoms with Crippen molar-refractivity contribution >= 4 is 0 Å². The molecule has 0 saturated carbocycles. The zero-order valence-electron chi connectivity index (χ0n) is 8.66. The lowest BCUT2D eigenvalue weighted by Crippen LogP contribution is -1.85. The molecule has 14 heavy (non-hydrogen) atoms. The predicted octanol–water partition coefficient (Wildman–Crippen LogP) is 3.92. The SMILES string of the molecule is C=C(C)/C=C\C(=C)Cc1ccccc1. The summed E-state index contributed by atoms with van der Waals surface area (Å²) in [5.41, 5.74) is 3.46. The van der Waals surface area contributed by atoms with E-state index in [1.807, 2.05) is 37.3 Å². The standard InChI is InChI=1S/C14H16/c1-12(2)9-10-13(3)11-14-7-5-4-6-8-14/h4-10H,1,3,11H2,2H3/b10-9-. The fourth-order valence-electron chi connectivity index (χ4n) is 1.18. The summed E-state index contributed by atoms with van der Waals surface area (Å²) < 4.78 is 0. The molecule has 0 aromatic heterocycles. The van der Waals surface area contributed by atoms with Gasteiger partial charge in [-0.1, -0.05) is 66.8 Å². The van der Waals surface area contributed by atoms with Crippen LogP contribution in [0.5, 0.6) is 0 Å². The van der Waals surface area contributed by atoms with Crippen LogP contribution in [0.3, 0.4) is 0 Å². The zero-order valence-corrected chi connectivity index (χ0v) is 8.66. The van der Waals surface area contributed by atoms with Crippen LogP contribution in [0.1, 0.15) is 12.5 Å². The normalized spacial score (nSPS) is 10.4. The van der Waals surface area contributed by atoms with E-state index in [1.165, 1.54) is 5.56 Å². The Balaban J connectivity index is 2.54. The molecule has 72 valence electrons. The molecular formula is C14H16. The Morgan fingerprint density at radius 1 is 1.14 bits per heavy atom. The monoisotopic (exact) mass is 184 g/mol. The summed E-state index contributed by atoms with van der Waals surface area (Å²) in [5, 5.41) is 0. The van der Waals surface area contributed by atoms with Gasteiger partial charge in [0.15, 0.2) is 0 Å². The van der Waals surface area contributed by atoms with Crippen LogP contribution in [0.2, 0.25) is 0 Å². The van der Waals surface area contributed by atoms with Crippen LogP contribution in [-0.2, 0) is 6.42 Å². The van der Waals surface area contributed by atoms with Crippen molar-refractivity contribution in [2.45, 2.75) is 13.3 Å². The number of rotatable bonds is 4. The number of allylic oxidation sites excluding steroid dienone is 4. The summed E-state index contributed by atoms with van der Waals surface area (Å²) in [6.45, 7) is 9.78. The maximum Gasteiger partial charge on any atom is -0.00316 e. The van der Waals surface area contributed by atoms with Crippen molar-refractivity contribution in [1.29, 1.82) is 0 Å². The molecule has 0 bridgehead atoms. The van der Waals surface area contributed by atoms with E-state index in [1.54, 1.807) is 0 Å². The van der Waals surface area contributed by atoms with Crippen molar-refractivity contribution in [2.75, 3.05) is 0 Å². The lowest BCUT2D eigenvalue weighted by atomic mass is 10.1. The Kier molecular flexibility index (Phi) is 3.93. The summed E-state index contributed by atoms with van der Waals surface area (Å²) in [4.78, 5) is 0. The maximum atomic E-state index is 3.99. The number of benzene rings is 1. The number of hydrogen-bond donors (Lipinski definition) is 0. The highest BCUT2D eigenvalue weighted by molar-refractivity contribution is 5.29. The van der Waals surface area contributed by atoms with Gasteiger partial charge in [-0.05, 0) is 18.9 Å². The molecule has 0 saturated heterocycles. The molecule has 1 aromatic carbocycles. The average Bonchev–Trinajstić information content (AvgIpc) is 2.16. The minimum Gasteiger partial charge on any atom is -0.0961 e. The van der Waals surface area contributed by atoms with E-state index in [0.717, 1.165) is 17.6 Å². The summed E-state index contributed by atoms with van der Waals surface area (Å²) >= 11 is 0. The molecule has 0 heterocycles. The van der Waals surface area contributed by atoms with Crippen molar-refractivity contribution in [1.82, 2.24) is 0 Å². The summed E-state index contributed by atoms with van der Waals surface area (Å²) in [7, 11) is 0. The largest absolute Gasteiger partial charge is 0.0961 e. The minimum atomic E-state index is 0.907. The van der Waals surface area contributed by atoms with Gasteiger partial charge < -0.3 is 0 Å². The maximum absolute atomic E-state index is 3.99. The summed E-state index contributed by atoms with van der Waals surface area (Å²) in [6.07, 6.45) is 4.92. The van der Waals surface area contributed by atoms with Gasteiger partial charge in [-0.3, -0.25) is 0 Å². The van der Waals surface area contributed by atoms with Gasteiger partial charge in [0.2, 0.25) is 0 Å². The Labute approximate surface area is 86.3 Å².